The maximum absolute atomic E-state index is 10.6. The zero-order chi connectivity index (χ0) is 13.8. The predicted molar refractivity (Wildman–Crippen MR) is 84.6 cm³/mol. The number of halogens is 2. The van der Waals surface area contributed by atoms with Gasteiger partial charge in [-0.05, 0) is 52.4 Å². The van der Waals surface area contributed by atoms with E-state index in [1.807, 2.05) is 24.3 Å². The van der Waals surface area contributed by atoms with Gasteiger partial charge >= 0.3 is 0 Å². The molecular weight excluding hydrogens is 379 g/mol. The zero-order valence-electron chi connectivity index (χ0n) is 9.77. The van der Waals surface area contributed by atoms with Crippen LogP contribution in [0.4, 0.5) is 11.4 Å². The lowest BCUT2D eigenvalue weighted by Gasteiger charge is -2.08. The number of rotatable bonds is 4. The quantitative estimate of drug-likeness (QED) is 0.478. The van der Waals surface area contributed by atoms with Crippen molar-refractivity contribution >= 4 is 45.6 Å². The van der Waals surface area contributed by atoms with Gasteiger partial charge in [-0.15, -0.1) is 0 Å². The summed E-state index contributed by atoms with van der Waals surface area (Å²) in [6, 6.07) is 12.4. The van der Waals surface area contributed by atoms with Crippen molar-refractivity contribution in [1.82, 2.24) is 0 Å². The van der Waals surface area contributed by atoms with Crippen LogP contribution >= 0.6 is 34.2 Å². The van der Waals surface area contributed by atoms with E-state index in [1.165, 1.54) is 12.1 Å². The fourth-order valence-electron chi connectivity index (χ4n) is 1.59. The van der Waals surface area contributed by atoms with Gasteiger partial charge in [-0.1, -0.05) is 17.7 Å². The molecule has 0 aliphatic rings. The van der Waals surface area contributed by atoms with E-state index in [4.69, 9.17) is 11.6 Å². The molecule has 0 amide bonds. The minimum absolute atomic E-state index is 0.00279. The van der Waals surface area contributed by atoms with Crippen LogP contribution in [0.5, 0.6) is 0 Å². The van der Waals surface area contributed by atoms with Crippen molar-refractivity contribution < 1.29 is 4.92 Å². The van der Waals surface area contributed by atoms with E-state index in [1.54, 1.807) is 6.07 Å². The summed E-state index contributed by atoms with van der Waals surface area (Å²) in [6.07, 6.45) is 0. The van der Waals surface area contributed by atoms with Crippen LogP contribution in [-0.2, 0) is 6.54 Å². The van der Waals surface area contributed by atoms with Gasteiger partial charge in [0.1, 0.15) is 0 Å². The number of nitro benzene ring substituents is 1. The second-order valence-electron chi connectivity index (χ2n) is 3.90. The molecule has 0 fully saturated rings. The summed E-state index contributed by atoms with van der Waals surface area (Å²) >= 11 is 8.26. The molecule has 0 radical (unpaired) electrons. The highest BCUT2D eigenvalue weighted by Crippen LogP contribution is 2.23. The standard InChI is InChI=1S/C13H10ClIN2O2/c14-13-7-12(17(18)19)5-4-9(13)8-16-11-3-1-2-10(15)6-11/h1-7,16H,8H2. The number of benzene rings is 2. The molecule has 2 aromatic carbocycles. The van der Waals surface area contributed by atoms with Gasteiger partial charge < -0.3 is 5.32 Å². The Kier molecular flexibility index (Phi) is 4.60. The highest BCUT2D eigenvalue weighted by atomic mass is 127. The van der Waals surface area contributed by atoms with Crippen LogP contribution in [-0.4, -0.2) is 4.92 Å². The zero-order valence-corrected chi connectivity index (χ0v) is 12.7. The summed E-state index contributed by atoms with van der Waals surface area (Å²) in [5, 5.41) is 14.2. The molecule has 0 heterocycles. The van der Waals surface area contributed by atoms with E-state index in [2.05, 4.69) is 27.9 Å². The van der Waals surface area contributed by atoms with Crippen LogP contribution in [0.1, 0.15) is 5.56 Å². The Hall–Kier alpha value is -1.34. The Labute approximate surface area is 129 Å². The third kappa shape index (κ3) is 3.81. The first-order valence-electron chi connectivity index (χ1n) is 5.48. The molecule has 0 saturated heterocycles. The molecule has 19 heavy (non-hydrogen) atoms. The van der Waals surface area contributed by atoms with Crippen molar-refractivity contribution in [2.45, 2.75) is 6.54 Å². The summed E-state index contributed by atoms with van der Waals surface area (Å²) in [5.41, 5.74) is 1.82. The molecule has 6 heteroatoms. The summed E-state index contributed by atoms with van der Waals surface area (Å²) in [4.78, 5) is 10.2. The van der Waals surface area contributed by atoms with Crippen LogP contribution in [0, 0.1) is 13.7 Å². The summed E-state index contributed by atoms with van der Waals surface area (Å²) in [6.45, 7) is 0.525. The fraction of sp³-hybridized carbons (Fsp3) is 0.0769. The first-order chi connectivity index (χ1) is 9.06. The maximum Gasteiger partial charge on any atom is 0.270 e. The molecule has 0 saturated carbocycles. The molecule has 2 aromatic rings. The minimum atomic E-state index is -0.456. The molecule has 0 bridgehead atoms. The second kappa shape index (κ2) is 6.21. The second-order valence-corrected chi connectivity index (χ2v) is 5.55. The average molecular weight is 389 g/mol. The monoisotopic (exact) mass is 388 g/mol. The van der Waals surface area contributed by atoms with Gasteiger partial charge in [0.2, 0.25) is 0 Å². The lowest BCUT2D eigenvalue weighted by atomic mass is 10.2. The van der Waals surface area contributed by atoms with Gasteiger partial charge in [-0.2, -0.15) is 0 Å². The average Bonchev–Trinajstić information content (AvgIpc) is 2.37. The number of nitrogens with one attached hydrogen (secondary N) is 1. The van der Waals surface area contributed by atoms with Gasteiger partial charge in [0.15, 0.2) is 0 Å². The number of anilines is 1. The van der Waals surface area contributed by atoms with Crippen LogP contribution in [0.3, 0.4) is 0 Å². The Balaban J connectivity index is 2.10. The first-order valence-corrected chi connectivity index (χ1v) is 6.94. The van der Waals surface area contributed by atoms with Crippen molar-refractivity contribution in [3.63, 3.8) is 0 Å². The number of hydrogen-bond donors (Lipinski definition) is 1. The molecule has 0 aliphatic carbocycles. The van der Waals surface area contributed by atoms with E-state index < -0.39 is 4.92 Å². The number of hydrogen-bond acceptors (Lipinski definition) is 3. The summed E-state index contributed by atoms with van der Waals surface area (Å²) < 4.78 is 1.14. The Morgan fingerprint density at radius 2 is 2.05 bits per heavy atom. The molecular formula is C13H10ClIN2O2. The topological polar surface area (TPSA) is 55.2 Å². The van der Waals surface area contributed by atoms with Crippen molar-refractivity contribution in [3.8, 4) is 0 Å². The van der Waals surface area contributed by atoms with E-state index in [0.717, 1.165) is 14.8 Å². The maximum atomic E-state index is 10.6. The lowest BCUT2D eigenvalue weighted by molar-refractivity contribution is -0.384. The number of nitro groups is 1. The third-order valence-corrected chi connectivity index (χ3v) is 3.58. The van der Waals surface area contributed by atoms with Crippen LogP contribution in [0.15, 0.2) is 42.5 Å². The van der Waals surface area contributed by atoms with Crippen LogP contribution < -0.4 is 5.32 Å². The van der Waals surface area contributed by atoms with Gasteiger partial charge in [0.05, 0.1) is 9.95 Å². The Bertz CT molecular complexity index is 619. The molecule has 0 unspecified atom stereocenters. The normalized spacial score (nSPS) is 10.2. The molecule has 2 rings (SSSR count). The van der Waals surface area contributed by atoms with E-state index in [9.17, 15) is 10.1 Å². The van der Waals surface area contributed by atoms with Gasteiger partial charge in [-0.25, -0.2) is 0 Å². The van der Waals surface area contributed by atoms with Crippen molar-refractivity contribution in [3.05, 3.63) is 66.7 Å². The third-order valence-electron chi connectivity index (χ3n) is 2.56. The fourth-order valence-corrected chi connectivity index (χ4v) is 2.37. The minimum Gasteiger partial charge on any atom is -0.381 e. The van der Waals surface area contributed by atoms with Gasteiger partial charge in [0, 0.05) is 27.9 Å². The highest BCUT2D eigenvalue weighted by Gasteiger charge is 2.09. The highest BCUT2D eigenvalue weighted by molar-refractivity contribution is 14.1. The molecule has 0 spiro atoms. The molecule has 98 valence electrons. The number of nitrogens with zero attached hydrogens (tertiary/aromatic N) is 1. The van der Waals surface area contributed by atoms with Crippen LogP contribution in [0.25, 0.3) is 0 Å². The van der Waals surface area contributed by atoms with Crippen molar-refractivity contribution in [1.29, 1.82) is 0 Å². The summed E-state index contributed by atoms with van der Waals surface area (Å²) in [5.74, 6) is 0. The van der Waals surface area contributed by atoms with Crippen molar-refractivity contribution in [2.75, 3.05) is 5.32 Å². The van der Waals surface area contributed by atoms with Crippen molar-refractivity contribution in [2.24, 2.45) is 0 Å². The van der Waals surface area contributed by atoms with Crippen LogP contribution in [0.2, 0.25) is 5.02 Å². The van der Waals surface area contributed by atoms with Gasteiger partial charge in [-0.3, -0.25) is 10.1 Å². The molecule has 0 aliphatic heterocycles. The lowest BCUT2D eigenvalue weighted by Crippen LogP contribution is -2.00. The van der Waals surface area contributed by atoms with E-state index >= 15 is 0 Å². The largest absolute Gasteiger partial charge is 0.381 e. The van der Waals surface area contributed by atoms with E-state index in [0.29, 0.717) is 11.6 Å². The molecule has 0 atom stereocenters. The Morgan fingerprint density at radius 3 is 2.68 bits per heavy atom. The molecule has 4 nitrogen and oxygen atoms in total. The van der Waals surface area contributed by atoms with Gasteiger partial charge in [0.25, 0.3) is 5.69 Å². The first kappa shape index (κ1) is 14.1. The SMILES string of the molecule is O=[N+]([O-])c1ccc(CNc2cccc(I)c2)c(Cl)c1. The van der Waals surface area contributed by atoms with E-state index in [-0.39, 0.29) is 5.69 Å². The Morgan fingerprint density at radius 1 is 1.26 bits per heavy atom. The number of non-ortho nitro benzene ring substituents is 1. The molecule has 0 aromatic heterocycles. The predicted octanol–water partition coefficient (Wildman–Crippen LogP) is 4.46. The summed E-state index contributed by atoms with van der Waals surface area (Å²) in [7, 11) is 0. The molecule has 1 N–H and O–H groups in total. The smallest absolute Gasteiger partial charge is 0.270 e.